The van der Waals surface area contributed by atoms with E-state index in [2.05, 4.69) is 27.8 Å². The highest BCUT2D eigenvalue weighted by atomic mass is 16.5. The molecule has 7 nitrogen and oxygen atoms in total. The van der Waals surface area contributed by atoms with Crippen molar-refractivity contribution in [1.82, 2.24) is 20.2 Å². The number of aryl methyl sites for hydroxylation is 1. The molecule has 26 heavy (non-hydrogen) atoms. The summed E-state index contributed by atoms with van der Waals surface area (Å²) < 4.78 is 7.20. The molecule has 0 saturated carbocycles. The van der Waals surface area contributed by atoms with Crippen molar-refractivity contribution >= 4 is 11.6 Å². The molecule has 2 aromatic carbocycles. The molecule has 3 rings (SSSR count). The molecule has 0 fully saturated rings. The number of nitrogens with one attached hydrogen (secondary N) is 1. The highest BCUT2D eigenvalue weighted by Crippen LogP contribution is 2.19. The van der Waals surface area contributed by atoms with Gasteiger partial charge in [0.05, 0.1) is 6.61 Å². The maximum absolute atomic E-state index is 12.4. The SMILES string of the molecule is CCCCOc1ccc(NC(=O)c2ccc(-c3nnnn3C)cc2)cc1. The molecule has 1 heterocycles. The maximum Gasteiger partial charge on any atom is 0.255 e. The average Bonchev–Trinajstić information content (AvgIpc) is 3.09. The second-order valence-electron chi connectivity index (χ2n) is 5.88. The summed E-state index contributed by atoms with van der Waals surface area (Å²) in [5, 5.41) is 14.2. The molecule has 0 aliphatic carbocycles. The fraction of sp³-hybridized carbons (Fsp3) is 0.263. The normalized spacial score (nSPS) is 10.5. The van der Waals surface area contributed by atoms with Crippen LogP contribution in [-0.4, -0.2) is 32.7 Å². The van der Waals surface area contributed by atoms with Crippen LogP contribution in [0.4, 0.5) is 5.69 Å². The van der Waals surface area contributed by atoms with Gasteiger partial charge >= 0.3 is 0 Å². The Morgan fingerprint density at radius 2 is 1.85 bits per heavy atom. The zero-order valence-corrected chi connectivity index (χ0v) is 14.8. The maximum atomic E-state index is 12.4. The number of rotatable bonds is 7. The smallest absolute Gasteiger partial charge is 0.255 e. The van der Waals surface area contributed by atoms with Crippen molar-refractivity contribution in [3.05, 3.63) is 54.1 Å². The van der Waals surface area contributed by atoms with Crippen LogP contribution < -0.4 is 10.1 Å². The van der Waals surface area contributed by atoms with E-state index < -0.39 is 0 Å². The van der Waals surface area contributed by atoms with E-state index in [1.165, 1.54) is 0 Å². The van der Waals surface area contributed by atoms with E-state index in [1.807, 2.05) is 36.4 Å². The summed E-state index contributed by atoms with van der Waals surface area (Å²) in [6.07, 6.45) is 2.12. The lowest BCUT2D eigenvalue weighted by atomic mass is 10.1. The fourth-order valence-electron chi connectivity index (χ4n) is 2.42. The van der Waals surface area contributed by atoms with Crippen molar-refractivity contribution in [3.63, 3.8) is 0 Å². The van der Waals surface area contributed by atoms with Crippen molar-refractivity contribution in [2.24, 2.45) is 7.05 Å². The van der Waals surface area contributed by atoms with E-state index in [4.69, 9.17) is 4.74 Å². The van der Waals surface area contributed by atoms with Crippen LogP contribution in [0.1, 0.15) is 30.1 Å². The number of unbranched alkanes of at least 4 members (excludes halogenated alkanes) is 1. The zero-order valence-electron chi connectivity index (χ0n) is 14.8. The van der Waals surface area contributed by atoms with Crippen molar-refractivity contribution in [2.45, 2.75) is 19.8 Å². The Labute approximate surface area is 152 Å². The van der Waals surface area contributed by atoms with Gasteiger partial charge in [-0.2, -0.15) is 0 Å². The van der Waals surface area contributed by atoms with Gasteiger partial charge in [0.15, 0.2) is 5.82 Å². The van der Waals surface area contributed by atoms with Crippen LogP contribution in [0.2, 0.25) is 0 Å². The Kier molecular flexibility index (Phi) is 5.58. The van der Waals surface area contributed by atoms with Gasteiger partial charge in [-0.25, -0.2) is 4.68 Å². The third kappa shape index (κ3) is 4.24. The summed E-state index contributed by atoms with van der Waals surface area (Å²) in [5.74, 6) is 1.28. The highest BCUT2D eigenvalue weighted by Gasteiger charge is 2.09. The molecule has 1 N–H and O–H groups in total. The largest absolute Gasteiger partial charge is 0.494 e. The van der Waals surface area contributed by atoms with Gasteiger partial charge in [-0.15, -0.1) is 5.10 Å². The molecular formula is C19H21N5O2. The number of hydrogen-bond acceptors (Lipinski definition) is 5. The van der Waals surface area contributed by atoms with Gasteiger partial charge < -0.3 is 10.1 Å². The van der Waals surface area contributed by atoms with Crippen LogP contribution in [0.3, 0.4) is 0 Å². The summed E-state index contributed by atoms with van der Waals surface area (Å²) in [4.78, 5) is 12.4. The molecule has 0 atom stereocenters. The van der Waals surface area contributed by atoms with Crippen LogP contribution in [-0.2, 0) is 7.05 Å². The van der Waals surface area contributed by atoms with Crippen molar-refractivity contribution in [2.75, 3.05) is 11.9 Å². The van der Waals surface area contributed by atoms with Crippen LogP contribution in [0.15, 0.2) is 48.5 Å². The van der Waals surface area contributed by atoms with E-state index in [0.29, 0.717) is 18.0 Å². The van der Waals surface area contributed by atoms with Crippen LogP contribution in [0, 0.1) is 0 Å². The first-order valence-electron chi connectivity index (χ1n) is 8.54. The first kappa shape index (κ1) is 17.6. The summed E-state index contributed by atoms with van der Waals surface area (Å²) in [6.45, 7) is 2.83. The van der Waals surface area contributed by atoms with Crippen LogP contribution in [0.25, 0.3) is 11.4 Å². The molecule has 1 aromatic heterocycles. The second-order valence-corrected chi connectivity index (χ2v) is 5.88. The van der Waals surface area contributed by atoms with Gasteiger partial charge in [0, 0.05) is 23.9 Å². The number of carbonyl (C=O) groups excluding carboxylic acids is 1. The van der Waals surface area contributed by atoms with Crippen molar-refractivity contribution in [1.29, 1.82) is 0 Å². The quantitative estimate of drug-likeness (QED) is 0.661. The molecule has 0 aliphatic heterocycles. The zero-order chi connectivity index (χ0) is 18.4. The summed E-state index contributed by atoms with van der Waals surface area (Å²) >= 11 is 0. The minimum Gasteiger partial charge on any atom is -0.494 e. The number of ether oxygens (including phenoxy) is 1. The van der Waals surface area contributed by atoms with Gasteiger partial charge in [0.1, 0.15) is 5.75 Å². The second kappa shape index (κ2) is 8.24. The number of amides is 1. The Balaban J connectivity index is 1.62. The summed E-state index contributed by atoms with van der Waals surface area (Å²) in [6, 6.07) is 14.5. The minimum atomic E-state index is -0.174. The number of anilines is 1. The minimum absolute atomic E-state index is 0.174. The average molecular weight is 351 g/mol. The van der Waals surface area contributed by atoms with E-state index in [-0.39, 0.29) is 5.91 Å². The van der Waals surface area contributed by atoms with Gasteiger partial charge in [-0.3, -0.25) is 4.79 Å². The lowest BCUT2D eigenvalue weighted by Gasteiger charge is -2.08. The molecular weight excluding hydrogens is 330 g/mol. The predicted molar refractivity (Wildman–Crippen MR) is 99.0 cm³/mol. The first-order chi connectivity index (χ1) is 12.7. The Morgan fingerprint density at radius 1 is 1.12 bits per heavy atom. The monoisotopic (exact) mass is 351 g/mol. The van der Waals surface area contributed by atoms with Gasteiger partial charge in [-0.1, -0.05) is 25.5 Å². The Hall–Kier alpha value is -3.22. The van der Waals surface area contributed by atoms with Crippen molar-refractivity contribution < 1.29 is 9.53 Å². The van der Waals surface area contributed by atoms with Gasteiger partial charge in [-0.05, 0) is 53.2 Å². The lowest BCUT2D eigenvalue weighted by molar-refractivity contribution is 0.102. The fourth-order valence-corrected chi connectivity index (χ4v) is 2.42. The first-order valence-corrected chi connectivity index (χ1v) is 8.54. The molecule has 0 spiro atoms. The molecule has 3 aromatic rings. The summed E-state index contributed by atoms with van der Waals surface area (Å²) in [5.41, 5.74) is 2.13. The van der Waals surface area contributed by atoms with E-state index in [0.717, 1.165) is 29.8 Å². The summed E-state index contributed by atoms with van der Waals surface area (Å²) in [7, 11) is 1.77. The Bertz CT molecular complexity index is 856. The molecule has 0 bridgehead atoms. The van der Waals surface area contributed by atoms with Crippen LogP contribution >= 0.6 is 0 Å². The van der Waals surface area contributed by atoms with Gasteiger partial charge in [0.2, 0.25) is 0 Å². The molecule has 7 heteroatoms. The van der Waals surface area contributed by atoms with E-state index >= 15 is 0 Å². The van der Waals surface area contributed by atoms with E-state index in [1.54, 1.807) is 23.9 Å². The molecule has 0 aliphatic rings. The molecule has 0 saturated heterocycles. The van der Waals surface area contributed by atoms with Crippen LogP contribution in [0.5, 0.6) is 5.75 Å². The standard InChI is InChI=1S/C19H21N5O2/c1-3-4-13-26-17-11-9-16(10-12-17)20-19(25)15-7-5-14(6-8-15)18-21-22-23-24(18)2/h5-12H,3-4,13H2,1-2H3,(H,20,25). The molecule has 134 valence electrons. The number of nitrogens with zero attached hydrogens (tertiary/aromatic N) is 4. The third-order valence-electron chi connectivity index (χ3n) is 3.90. The molecule has 1 amide bonds. The highest BCUT2D eigenvalue weighted by molar-refractivity contribution is 6.04. The van der Waals surface area contributed by atoms with Gasteiger partial charge in [0.25, 0.3) is 5.91 Å². The number of aromatic nitrogens is 4. The predicted octanol–water partition coefficient (Wildman–Crippen LogP) is 3.31. The third-order valence-corrected chi connectivity index (χ3v) is 3.90. The molecule has 0 unspecified atom stereocenters. The van der Waals surface area contributed by atoms with Crippen molar-refractivity contribution in [3.8, 4) is 17.1 Å². The number of hydrogen-bond donors (Lipinski definition) is 1. The number of tetrazole rings is 1. The number of carbonyl (C=O) groups is 1. The Morgan fingerprint density at radius 3 is 2.46 bits per heavy atom. The lowest BCUT2D eigenvalue weighted by Crippen LogP contribution is -2.11. The topological polar surface area (TPSA) is 81.9 Å². The molecule has 0 radical (unpaired) electrons. The van der Waals surface area contributed by atoms with E-state index in [9.17, 15) is 4.79 Å². The number of benzene rings is 2.